The third-order valence-corrected chi connectivity index (χ3v) is 7.65. The third-order valence-electron chi connectivity index (χ3n) is 7.65. The van der Waals surface area contributed by atoms with E-state index in [1.807, 2.05) is 23.3 Å². The summed E-state index contributed by atoms with van der Waals surface area (Å²) in [7, 11) is 3.36. The van der Waals surface area contributed by atoms with Gasteiger partial charge in [0.25, 0.3) is 5.91 Å². The standard InChI is InChI=1S/C29H28F3N7O4/c1-16-15-43-21(14-39(16)23(40)7-11-42-3)26-36-24-19-5-4-17(12-20(19)37(2)27-25(24)38(26)10-9-34-27)28(41)35-22-13-18(6-8-33-22)29(30,31)32/h4-6,8-10,12-13,16,21H,7,11,14-15H2,1-3H3,(H,33,35,41). The number of alkyl halides is 3. The van der Waals surface area contributed by atoms with Crippen LogP contribution in [-0.2, 0) is 20.4 Å². The number of rotatable bonds is 6. The molecule has 1 N–H and O–H groups in total. The number of imidazole rings is 1. The second-order valence-corrected chi connectivity index (χ2v) is 10.4. The molecule has 2 amide bonds. The van der Waals surface area contributed by atoms with Gasteiger partial charge in [-0.1, -0.05) is 0 Å². The number of pyridine rings is 1. The smallest absolute Gasteiger partial charge is 0.384 e. The minimum Gasteiger partial charge on any atom is -0.384 e. The highest BCUT2D eigenvalue weighted by Gasteiger charge is 2.36. The minimum absolute atomic E-state index is 0.0216. The summed E-state index contributed by atoms with van der Waals surface area (Å²) in [6.07, 6.45) is -0.351. The summed E-state index contributed by atoms with van der Waals surface area (Å²) in [6, 6.07) is 6.48. The molecule has 14 heteroatoms. The molecule has 0 aliphatic carbocycles. The number of aromatic nitrogens is 4. The number of carbonyl (C=O) groups excluding carboxylic acids is 2. The highest BCUT2D eigenvalue weighted by Crippen LogP contribution is 2.45. The van der Waals surface area contributed by atoms with Gasteiger partial charge in [0.1, 0.15) is 29.0 Å². The molecular formula is C29H28F3N7O4. The molecule has 1 saturated heterocycles. The van der Waals surface area contributed by atoms with E-state index >= 15 is 0 Å². The minimum atomic E-state index is -4.56. The lowest BCUT2D eigenvalue weighted by atomic mass is 10.0. The number of hydrogen-bond acceptors (Lipinski definition) is 8. The Morgan fingerprint density at radius 2 is 1.98 bits per heavy atom. The maximum Gasteiger partial charge on any atom is 0.416 e. The summed E-state index contributed by atoms with van der Waals surface area (Å²) >= 11 is 0. The van der Waals surface area contributed by atoms with E-state index in [0.29, 0.717) is 42.8 Å². The van der Waals surface area contributed by atoms with Crippen molar-refractivity contribution in [3.05, 3.63) is 65.9 Å². The first kappa shape index (κ1) is 28.6. The number of ether oxygens (including phenoxy) is 2. The number of carbonyl (C=O) groups is 2. The first-order valence-corrected chi connectivity index (χ1v) is 13.6. The van der Waals surface area contributed by atoms with Gasteiger partial charge in [0.05, 0.1) is 43.5 Å². The van der Waals surface area contributed by atoms with Crippen molar-refractivity contribution in [2.75, 3.05) is 44.1 Å². The van der Waals surface area contributed by atoms with E-state index < -0.39 is 23.8 Å². The maximum absolute atomic E-state index is 13.1. The number of amides is 2. The van der Waals surface area contributed by atoms with Gasteiger partial charge in [0, 0.05) is 43.9 Å². The van der Waals surface area contributed by atoms with Crippen LogP contribution in [0.2, 0.25) is 0 Å². The first-order chi connectivity index (χ1) is 20.6. The van der Waals surface area contributed by atoms with Crippen molar-refractivity contribution < 1.29 is 32.2 Å². The maximum atomic E-state index is 13.1. The molecule has 2 unspecified atom stereocenters. The largest absolute Gasteiger partial charge is 0.416 e. The van der Waals surface area contributed by atoms with Crippen LogP contribution in [0.25, 0.3) is 16.8 Å². The number of methoxy groups -OCH3 is 1. The number of fused-ring (bicyclic) bond motifs is 2. The second-order valence-electron chi connectivity index (χ2n) is 10.4. The van der Waals surface area contributed by atoms with Crippen LogP contribution < -0.4 is 10.2 Å². The van der Waals surface area contributed by atoms with Crippen LogP contribution >= 0.6 is 0 Å². The summed E-state index contributed by atoms with van der Waals surface area (Å²) in [4.78, 5) is 42.9. The summed E-state index contributed by atoms with van der Waals surface area (Å²) in [5.41, 5.74) is 2.06. The van der Waals surface area contributed by atoms with Gasteiger partial charge in [-0.05, 0) is 37.3 Å². The fourth-order valence-corrected chi connectivity index (χ4v) is 5.43. The molecule has 3 aromatic heterocycles. The average Bonchev–Trinajstić information content (AvgIpc) is 3.39. The number of benzene rings is 1. The average molecular weight is 596 g/mol. The van der Waals surface area contributed by atoms with Gasteiger partial charge in [0.15, 0.2) is 5.82 Å². The molecule has 224 valence electrons. The first-order valence-electron chi connectivity index (χ1n) is 13.6. The van der Waals surface area contributed by atoms with E-state index in [4.69, 9.17) is 14.5 Å². The van der Waals surface area contributed by atoms with E-state index in [0.717, 1.165) is 29.4 Å². The molecule has 43 heavy (non-hydrogen) atoms. The Kier molecular flexibility index (Phi) is 7.26. The lowest BCUT2D eigenvalue weighted by molar-refractivity contribution is -0.145. The van der Waals surface area contributed by atoms with Crippen molar-refractivity contribution in [1.29, 1.82) is 0 Å². The molecule has 2 aliphatic rings. The van der Waals surface area contributed by atoms with Crippen molar-refractivity contribution in [2.45, 2.75) is 31.7 Å². The number of halogens is 3. The van der Waals surface area contributed by atoms with Gasteiger partial charge in [-0.15, -0.1) is 0 Å². The van der Waals surface area contributed by atoms with E-state index in [1.54, 1.807) is 42.6 Å². The van der Waals surface area contributed by atoms with Crippen molar-refractivity contribution in [3.8, 4) is 11.3 Å². The van der Waals surface area contributed by atoms with Gasteiger partial charge in [-0.25, -0.2) is 15.0 Å². The third kappa shape index (κ3) is 5.16. The summed E-state index contributed by atoms with van der Waals surface area (Å²) in [6.45, 7) is 2.94. The van der Waals surface area contributed by atoms with Gasteiger partial charge in [0.2, 0.25) is 5.91 Å². The zero-order valence-electron chi connectivity index (χ0n) is 23.6. The Bertz CT molecular complexity index is 1720. The van der Waals surface area contributed by atoms with Crippen molar-refractivity contribution in [3.63, 3.8) is 0 Å². The van der Waals surface area contributed by atoms with Crippen molar-refractivity contribution in [2.24, 2.45) is 0 Å². The number of morpholine rings is 1. The van der Waals surface area contributed by atoms with E-state index in [2.05, 4.69) is 15.3 Å². The molecule has 2 atom stereocenters. The molecule has 0 radical (unpaired) electrons. The predicted molar refractivity (Wildman–Crippen MR) is 150 cm³/mol. The summed E-state index contributed by atoms with van der Waals surface area (Å²) in [5, 5.41) is 2.45. The quantitative estimate of drug-likeness (QED) is 0.348. The molecule has 0 saturated carbocycles. The molecular weight excluding hydrogens is 567 g/mol. The highest BCUT2D eigenvalue weighted by atomic mass is 19.4. The molecule has 1 aromatic carbocycles. The topological polar surface area (TPSA) is 114 Å². The zero-order valence-corrected chi connectivity index (χ0v) is 23.6. The Balaban J connectivity index is 1.32. The molecule has 11 nitrogen and oxygen atoms in total. The number of nitrogens with zero attached hydrogens (tertiary/aromatic N) is 6. The second kappa shape index (κ2) is 10.9. The number of nitrogens with one attached hydrogen (secondary N) is 1. The Morgan fingerprint density at radius 3 is 2.74 bits per heavy atom. The van der Waals surface area contributed by atoms with Crippen LogP contribution in [0.15, 0.2) is 48.9 Å². The Morgan fingerprint density at radius 1 is 1.16 bits per heavy atom. The van der Waals surface area contributed by atoms with E-state index in [9.17, 15) is 22.8 Å². The zero-order chi connectivity index (χ0) is 30.5. The van der Waals surface area contributed by atoms with Crippen LogP contribution in [0.1, 0.15) is 41.2 Å². The predicted octanol–water partition coefficient (Wildman–Crippen LogP) is 4.47. The normalized spacial score (nSPS) is 18.1. The van der Waals surface area contributed by atoms with Gasteiger partial charge >= 0.3 is 6.18 Å². The molecule has 4 aromatic rings. The van der Waals surface area contributed by atoms with E-state index in [-0.39, 0.29) is 29.8 Å². The Hall–Kier alpha value is -4.56. The monoisotopic (exact) mass is 595 g/mol. The molecule has 1 fully saturated rings. The van der Waals surface area contributed by atoms with Crippen LogP contribution in [-0.4, -0.2) is 76.0 Å². The fourth-order valence-electron chi connectivity index (χ4n) is 5.43. The highest BCUT2D eigenvalue weighted by molar-refractivity contribution is 6.07. The summed E-state index contributed by atoms with van der Waals surface area (Å²) in [5.74, 6) is 0.358. The lowest BCUT2D eigenvalue weighted by Gasteiger charge is -2.37. The van der Waals surface area contributed by atoms with Crippen molar-refractivity contribution >= 4 is 34.7 Å². The van der Waals surface area contributed by atoms with Crippen LogP contribution in [0.4, 0.5) is 30.5 Å². The lowest BCUT2D eigenvalue weighted by Crippen LogP contribution is -2.48. The van der Waals surface area contributed by atoms with Gasteiger partial charge in [-0.2, -0.15) is 13.2 Å². The van der Waals surface area contributed by atoms with Crippen LogP contribution in [0, 0.1) is 0 Å². The van der Waals surface area contributed by atoms with Crippen LogP contribution in [0.5, 0.6) is 0 Å². The molecule has 2 aliphatic heterocycles. The number of anilines is 3. The molecule has 0 bridgehead atoms. The van der Waals surface area contributed by atoms with E-state index in [1.165, 1.54) is 0 Å². The summed E-state index contributed by atoms with van der Waals surface area (Å²) < 4.78 is 52.5. The molecule has 5 heterocycles. The molecule has 0 spiro atoms. The van der Waals surface area contributed by atoms with Gasteiger partial charge < -0.3 is 24.6 Å². The SMILES string of the molecule is COCCC(=O)N1CC(c2nc3c4c(nccn24)N(C)c2cc(C(=O)Nc4cc(C(F)(F)F)ccn4)ccc2-3)OCC1C. The van der Waals surface area contributed by atoms with Crippen LogP contribution in [0.3, 0.4) is 0 Å². The molecule has 6 rings (SSSR count). The van der Waals surface area contributed by atoms with Gasteiger partial charge in [-0.3, -0.25) is 14.0 Å². The number of hydrogen-bond donors (Lipinski definition) is 1. The van der Waals surface area contributed by atoms with Crippen molar-refractivity contribution in [1.82, 2.24) is 24.3 Å². The Labute approximate surface area is 244 Å². The fraction of sp³-hybridized carbons (Fsp3) is 0.345.